The van der Waals surface area contributed by atoms with Gasteiger partial charge in [-0.05, 0) is 106 Å². The van der Waals surface area contributed by atoms with E-state index in [0.717, 1.165) is 29.7 Å². The normalized spacial score (nSPS) is 28.3. The summed E-state index contributed by atoms with van der Waals surface area (Å²) in [5, 5.41) is 8.95. The van der Waals surface area contributed by atoms with Crippen LogP contribution in [0.3, 0.4) is 0 Å². The zero-order chi connectivity index (χ0) is 19.6. The van der Waals surface area contributed by atoms with E-state index >= 15 is 0 Å². The fourth-order valence-electron chi connectivity index (χ4n) is 5.24. The molecule has 3 rings (SSSR count). The molecule has 2 saturated carbocycles. The third-order valence-corrected chi connectivity index (χ3v) is 7.15. The molecule has 0 saturated heterocycles. The second kappa shape index (κ2) is 11.4. The molecule has 2 heteroatoms. The lowest BCUT2D eigenvalue weighted by molar-refractivity contribution is 0.246. The number of nitrogens with zero attached hydrogens (tertiary/aromatic N) is 1. The Balaban J connectivity index is 1.31. The predicted molar refractivity (Wildman–Crippen MR) is 115 cm³/mol. The van der Waals surface area contributed by atoms with Gasteiger partial charge >= 0.3 is 0 Å². The summed E-state index contributed by atoms with van der Waals surface area (Å²) in [5.41, 5.74) is 2.19. The molecular formula is C26H36FN. The molecule has 0 heterocycles. The minimum absolute atomic E-state index is 0.188. The monoisotopic (exact) mass is 381 g/mol. The lowest BCUT2D eigenvalue weighted by Gasteiger charge is -2.31. The molecule has 2 fully saturated rings. The number of nitriles is 1. The van der Waals surface area contributed by atoms with Gasteiger partial charge in [0, 0.05) is 0 Å². The van der Waals surface area contributed by atoms with Crippen molar-refractivity contribution in [2.24, 2.45) is 17.8 Å². The van der Waals surface area contributed by atoms with E-state index in [1.165, 1.54) is 69.8 Å². The molecule has 0 amide bonds. The molecule has 2 aliphatic carbocycles. The summed E-state index contributed by atoms with van der Waals surface area (Å²) < 4.78 is 12.1. The fourth-order valence-corrected chi connectivity index (χ4v) is 5.24. The number of benzene rings is 1. The van der Waals surface area contributed by atoms with Crippen molar-refractivity contribution in [3.8, 4) is 6.07 Å². The Kier molecular flexibility index (Phi) is 8.59. The largest absolute Gasteiger partial charge is 0.251 e. The third kappa shape index (κ3) is 6.47. The number of allylic oxidation sites excluding steroid dienone is 2. The van der Waals surface area contributed by atoms with Gasteiger partial charge in [-0.1, -0.05) is 37.1 Å². The molecule has 2 aliphatic rings. The molecule has 0 atom stereocenters. The first-order valence-electron chi connectivity index (χ1n) is 11.5. The van der Waals surface area contributed by atoms with Crippen LogP contribution >= 0.6 is 0 Å². The topological polar surface area (TPSA) is 23.8 Å². The summed E-state index contributed by atoms with van der Waals surface area (Å²) in [5.74, 6) is 3.31. The van der Waals surface area contributed by atoms with Gasteiger partial charge in [0.25, 0.3) is 0 Å². The van der Waals surface area contributed by atoms with Gasteiger partial charge in [0.15, 0.2) is 0 Å². The SMILES string of the molecule is N#Cc1ccc([C@H]2CC[C@H](CC[C@H]3CC[C@H](/C=C/CCCF)CC3)CC2)cc1. The Morgan fingerprint density at radius 3 is 2.07 bits per heavy atom. The van der Waals surface area contributed by atoms with Crippen LogP contribution in [0, 0.1) is 29.1 Å². The van der Waals surface area contributed by atoms with Crippen LogP contribution in [0.1, 0.15) is 94.1 Å². The molecule has 1 nitrogen and oxygen atoms in total. The highest BCUT2D eigenvalue weighted by Crippen LogP contribution is 2.39. The first-order chi connectivity index (χ1) is 13.8. The van der Waals surface area contributed by atoms with Crippen molar-refractivity contribution < 1.29 is 4.39 Å². The molecule has 28 heavy (non-hydrogen) atoms. The highest BCUT2D eigenvalue weighted by atomic mass is 19.1. The fraction of sp³-hybridized carbons (Fsp3) is 0.654. The lowest BCUT2D eigenvalue weighted by Crippen LogP contribution is -2.17. The van der Waals surface area contributed by atoms with E-state index in [1.807, 2.05) is 12.1 Å². The van der Waals surface area contributed by atoms with Crippen LogP contribution in [-0.4, -0.2) is 6.67 Å². The minimum atomic E-state index is -0.188. The standard InChI is InChI=1S/C26H36FN/c27-19-3-1-2-4-21-5-7-22(8-6-21)9-10-23-11-15-25(16-12-23)26-17-13-24(20-28)14-18-26/h2,4,13-14,17-18,21-23,25H,1,3,5-12,15-16,19H2/b4-2+/t21-,22-,23-,25-. The van der Waals surface area contributed by atoms with E-state index in [9.17, 15) is 4.39 Å². The van der Waals surface area contributed by atoms with Crippen molar-refractivity contribution >= 4 is 0 Å². The number of alkyl halides is 1. The number of hydrogen-bond acceptors (Lipinski definition) is 1. The number of halogens is 1. The maximum Gasteiger partial charge on any atom is 0.0991 e. The molecule has 0 bridgehead atoms. The summed E-state index contributed by atoms with van der Waals surface area (Å²) in [6, 6.07) is 10.5. The number of unbranched alkanes of at least 4 members (excludes halogenated alkanes) is 1. The van der Waals surface area contributed by atoms with Crippen LogP contribution in [-0.2, 0) is 0 Å². The number of hydrogen-bond donors (Lipinski definition) is 0. The second-order valence-corrected chi connectivity index (χ2v) is 9.07. The van der Waals surface area contributed by atoms with Gasteiger partial charge in [-0.25, -0.2) is 0 Å². The lowest BCUT2D eigenvalue weighted by atomic mass is 9.74. The molecule has 0 spiro atoms. The van der Waals surface area contributed by atoms with Crippen molar-refractivity contribution in [1.82, 2.24) is 0 Å². The molecule has 0 aliphatic heterocycles. The molecule has 0 radical (unpaired) electrons. The molecular weight excluding hydrogens is 345 g/mol. The van der Waals surface area contributed by atoms with Crippen LogP contribution in [0.25, 0.3) is 0 Å². The van der Waals surface area contributed by atoms with Crippen LogP contribution < -0.4 is 0 Å². The van der Waals surface area contributed by atoms with Gasteiger partial charge in [0.1, 0.15) is 0 Å². The van der Waals surface area contributed by atoms with E-state index in [-0.39, 0.29) is 6.67 Å². The van der Waals surface area contributed by atoms with Gasteiger partial charge in [0.2, 0.25) is 0 Å². The summed E-state index contributed by atoms with van der Waals surface area (Å²) in [7, 11) is 0. The maximum atomic E-state index is 12.1. The summed E-state index contributed by atoms with van der Waals surface area (Å²) >= 11 is 0. The maximum absolute atomic E-state index is 12.1. The van der Waals surface area contributed by atoms with Crippen molar-refractivity contribution in [1.29, 1.82) is 5.26 Å². The van der Waals surface area contributed by atoms with Crippen LogP contribution in [0.4, 0.5) is 4.39 Å². The Hall–Kier alpha value is -1.62. The van der Waals surface area contributed by atoms with E-state index in [4.69, 9.17) is 5.26 Å². The van der Waals surface area contributed by atoms with Gasteiger partial charge in [-0.2, -0.15) is 5.26 Å². The summed E-state index contributed by atoms with van der Waals surface area (Å²) in [4.78, 5) is 0. The highest BCUT2D eigenvalue weighted by Gasteiger charge is 2.24. The van der Waals surface area contributed by atoms with Crippen LogP contribution in [0.15, 0.2) is 36.4 Å². The molecule has 152 valence electrons. The van der Waals surface area contributed by atoms with Gasteiger partial charge in [0.05, 0.1) is 18.3 Å². The Morgan fingerprint density at radius 2 is 1.50 bits per heavy atom. The Morgan fingerprint density at radius 1 is 0.893 bits per heavy atom. The van der Waals surface area contributed by atoms with Gasteiger partial charge < -0.3 is 0 Å². The first kappa shape index (κ1) is 21.1. The second-order valence-electron chi connectivity index (χ2n) is 9.07. The highest BCUT2D eigenvalue weighted by molar-refractivity contribution is 5.33. The van der Waals surface area contributed by atoms with Gasteiger partial charge in [-0.15, -0.1) is 0 Å². The Labute approximate surface area is 171 Å². The quantitative estimate of drug-likeness (QED) is 0.334. The van der Waals surface area contributed by atoms with Crippen molar-refractivity contribution in [3.05, 3.63) is 47.5 Å². The van der Waals surface area contributed by atoms with Crippen LogP contribution in [0.2, 0.25) is 0 Å². The average molecular weight is 382 g/mol. The third-order valence-electron chi connectivity index (χ3n) is 7.15. The smallest absolute Gasteiger partial charge is 0.0991 e. The van der Waals surface area contributed by atoms with Crippen LogP contribution in [0.5, 0.6) is 0 Å². The molecule has 0 aromatic heterocycles. The number of rotatable bonds is 8. The summed E-state index contributed by atoms with van der Waals surface area (Å²) in [6.07, 6.45) is 19.8. The van der Waals surface area contributed by atoms with E-state index in [2.05, 4.69) is 30.4 Å². The predicted octanol–water partition coefficient (Wildman–Crippen LogP) is 7.72. The molecule has 0 unspecified atom stereocenters. The Bertz CT molecular complexity index is 625. The minimum Gasteiger partial charge on any atom is -0.251 e. The summed E-state index contributed by atoms with van der Waals surface area (Å²) in [6.45, 7) is -0.188. The van der Waals surface area contributed by atoms with E-state index in [1.54, 1.807) is 0 Å². The average Bonchev–Trinajstić information content (AvgIpc) is 2.76. The van der Waals surface area contributed by atoms with E-state index in [0.29, 0.717) is 12.3 Å². The molecule has 0 N–H and O–H groups in total. The van der Waals surface area contributed by atoms with Crippen molar-refractivity contribution in [2.75, 3.05) is 6.67 Å². The zero-order valence-electron chi connectivity index (χ0n) is 17.3. The van der Waals surface area contributed by atoms with Crippen molar-refractivity contribution in [2.45, 2.75) is 83.0 Å². The van der Waals surface area contributed by atoms with Crippen molar-refractivity contribution in [3.63, 3.8) is 0 Å². The first-order valence-corrected chi connectivity index (χ1v) is 11.5. The zero-order valence-corrected chi connectivity index (χ0v) is 17.3. The molecule has 1 aromatic carbocycles. The molecule has 1 aromatic rings. The van der Waals surface area contributed by atoms with E-state index < -0.39 is 0 Å². The van der Waals surface area contributed by atoms with Gasteiger partial charge in [-0.3, -0.25) is 4.39 Å².